The Hall–Kier alpha value is -1.83. The van der Waals surface area contributed by atoms with Crippen molar-refractivity contribution >= 4 is 23.1 Å². The molecule has 0 radical (unpaired) electrons. The fraction of sp³-hybridized carbons (Fsp3) is 0.385. The van der Waals surface area contributed by atoms with Crippen LogP contribution in [0.3, 0.4) is 0 Å². The number of hydrogen-bond acceptors (Lipinski definition) is 5. The van der Waals surface area contributed by atoms with Crippen LogP contribution in [0.1, 0.15) is 24.4 Å². The van der Waals surface area contributed by atoms with Crippen molar-refractivity contribution in [2.75, 3.05) is 10.6 Å². The van der Waals surface area contributed by atoms with Crippen LogP contribution >= 0.6 is 11.3 Å². The molecular weight excluding hydrogens is 301 g/mol. The van der Waals surface area contributed by atoms with Crippen LogP contribution in [0.25, 0.3) is 0 Å². The molecule has 2 aromatic rings. The highest BCUT2D eigenvalue weighted by Gasteiger charge is 2.34. The lowest BCUT2D eigenvalue weighted by Gasteiger charge is -2.28. The molecule has 0 amide bonds. The molecule has 0 aliphatic carbocycles. The summed E-state index contributed by atoms with van der Waals surface area (Å²) in [4.78, 5) is 10.0. The van der Waals surface area contributed by atoms with Gasteiger partial charge < -0.3 is 10.6 Å². The van der Waals surface area contributed by atoms with E-state index in [1.807, 2.05) is 31.4 Å². The summed E-state index contributed by atoms with van der Waals surface area (Å²) in [5.74, 6) is -0.199. The van der Waals surface area contributed by atoms with E-state index >= 15 is 0 Å². The molecule has 0 aliphatic rings. The molecule has 2 rings (SSSR count). The van der Waals surface area contributed by atoms with E-state index in [1.54, 1.807) is 4.90 Å². The lowest BCUT2D eigenvalue weighted by molar-refractivity contribution is -0.141. The fourth-order valence-electron chi connectivity index (χ4n) is 1.84. The summed E-state index contributed by atoms with van der Waals surface area (Å²) in [5.41, 5.74) is 4.40. The summed E-state index contributed by atoms with van der Waals surface area (Å²) in [7, 11) is 0. The molecule has 0 spiro atoms. The highest BCUT2D eigenvalue weighted by Crippen LogP contribution is 2.31. The molecule has 0 aliphatic heterocycles. The van der Waals surface area contributed by atoms with Gasteiger partial charge in [-0.3, -0.25) is 0 Å². The first-order valence-corrected chi connectivity index (χ1v) is 7.16. The molecule has 0 atom stereocenters. The van der Waals surface area contributed by atoms with Crippen molar-refractivity contribution < 1.29 is 13.2 Å². The normalized spacial score (nSPS) is 11.9. The molecule has 8 heteroatoms. The van der Waals surface area contributed by atoms with Gasteiger partial charge >= 0.3 is 6.18 Å². The lowest BCUT2D eigenvalue weighted by Crippen LogP contribution is -2.31. The van der Waals surface area contributed by atoms with Gasteiger partial charge in [-0.2, -0.15) is 18.2 Å². The monoisotopic (exact) mass is 316 g/mol. The molecule has 0 saturated carbocycles. The van der Waals surface area contributed by atoms with Gasteiger partial charge in [-0.05, 0) is 25.3 Å². The maximum Gasteiger partial charge on any atom is 0.433 e. The van der Waals surface area contributed by atoms with Crippen LogP contribution in [0.4, 0.5) is 24.9 Å². The zero-order chi connectivity index (χ0) is 15.6. The quantitative estimate of drug-likeness (QED) is 0.937. The van der Waals surface area contributed by atoms with Crippen LogP contribution in [-0.2, 0) is 12.7 Å². The van der Waals surface area contributed by atoms with Gasteiger partial charge in [0.15, 0.2) is 5.69 Å². The third-order valence-electron chi connectivity index (χ3n) is 2.84. The Morgan fingerprint density at radius 1 is 1.33 bits per heavy atom. The minimum atomic E-state index is -4.54. The number of anilines is 2. The standard InChI is InChI=1S/C13H15F3N4S/c1-8(2)20(7-9-4-3-5-21-9)11-6-10(13(14,15)16)18-12(17)19-11/h3-6,8H,7H2,1-2H3,(H2,17,18,19). The zero-order valence-electron chi connectivity index (χ0n) is 11.6. The number of halogens is 3. The smallest absolute Gasteiger partial charge is 0.368 e. The Balaban J connectivity index is 2.38. The van der Waals surface area contributed by atoms with Crippen LogP contribution in [0.15, 0.2) is 23.6 Å². The van der Waals surface area contributed by atoms with E-state index in [0.29, 0.717) is 6.54 Å². The van der Waals surface area contributed by atoms with Crippen LogP contribution < -0.4 is 10.6 Å². The molecule has 2 N–H and O–H groups in total. The molecule has 0 unspecified atom stereocenters. The third-order valence-corrected chi connectivity index (χ3v) is 3.71. The van der Waals surface area contributed by atoms with Crippen LogP contribution in [-0.4, -0.2) is 16.0 Å². The van der Waals surface area contributed by atoms with E-state index in [-0.39, 0.29) is 17.8 Å². The topological polar surface area (TPSA) is 55.0 Å². The predicted octanol–water partition coefficient (Wildman–Crippen LogP) is 3.55. The first-order chi connectivity index (χ1) is 9.77. The van der Waals surface area contributed by atoms with Gasteiger partial charge in [-0.25, -0.2) is 4.98 Å². The largest absolute Gasteiger partial charge is 0.433 e. The van der Waals surface area contributed by atoms with E-state index < -0.39 is 11.9 Å². The number of nitrogens with zero attached hydrogens (tertiary/aromatic N) is 3. The molecule has 2 aromatic heterocycles. The zero-order valence-corrected chi connectivity index (χ0v) is 12.4. The van der Waals surface area contributed by atoms with Crippen molar-refractivity contribution in [2.24, 2.45) is 0 Å². The summed E-state index contributed by atoms with van der Waals surface area (Å²) in [6.45, 7) is 4.25. The number of hydrogen-bond donors (Lipinski definition) is 1. The SMILES string of the molecule is CC(C)N(Cc1cccs1)c1cc(C(F)(F)F)nc(N)n1. The summed E-state index contributed by atoms with van der Waals surface area (Å²) >= 11 is 1.54. The Labute approximate surface area is 124 Å². The summed E-state index contributed by atoms with van der Waals surface area (Å²) in [6.07, 6.45) is -4.54. The molecule has 114 valence electrons. The van der Waals surface area contributed by atoms with Gasteiger partial charge in [0.2, 0.25) is 5.95 Å². The van der Waals surface area contributed by atoms with Gasteiger partial charge in [-0.1, -0.05) is 6.07 Å². The number of alkyl halides is 3. The Kier molecular flexibility index (Phi) is 4.36. The molecule has 21 heavy (non-hydrogen) atoms. The van der Waals surface area contributed by atoms with E-state index in [0.717, 1.165) is 10.9 Å². The number of thiophene rings is 1. The summed E-state index contributed by atoms with van der Waals surface area (Å²) in [6, 6.07) is 4.73. The number of aromatic nitrogens is 2. The first kappa shape index (κ1) is 15.6. The van der Waals surface area contributed by atoms with Crippen LogP contribution in [0.2, 0.25) is 0 Å². The average Bonchev–Trinajstić information content (AvgIpc) is 2.86. The molecule has 0 bridgehead atoms. The molecule has 4 nitrogen and oxygen atoms in total. The number of rotatable bonds is 4. The molecule has 2 heterocycles. The van der Waals surface area contributed by atoms with Crippen molar-refractivity contribution in [1.29, 1.82) is 0 Å². The average molecular weight is 316 g/mol. The van der Waals surface area contributed by atoms with Gasteiger partial charge in [0, 0.05) is 17.0 Å². The molecule has 0 aromatic carbocycles. The van der Waals surface area contributed by atoms with Gasteiger partial charge in [-0.15, -0.1) is 11.3 Å². The Morgan fingerprint density at radius 2 is 2.05 bits per heavy atom. The van der Waals surface area contributed by atoms with Crippen molar-refractivity contribution in [2.45, 2.75) is 32.6 Å². The van der Waals surface area contributed by atoms with Gasteiger partial charge in [0.1, 0.15) is 5.82 Å². The maximum absolute atomic E-state index is 12.8. The van der Waals surface area contributed by atoms with Gasteiger partial charge in [0.25, 0.3) is 0 Å². The van der Waals surface area contributed by atoms with E-state index in [1.165, 1.54) is 11.3 Å². The molecule has 0 saturated heterocycles. The lowest BCUT2D eigenvalue weighted by atomic mass is 10.2. The van der Waals surface area contributed by atoms with Crippen molar-refractivity contribution in [3.63, 3.8) is 0 Å². The van der Waals surface area contributed by atoms with Crippen molar-refractivity contribution in [1.82, 2.24) is 9.97 Å². The Bertz CT molecular complexity index is 596. The summed E-state index contributed by atoms with van der Waals surface area (Å²) in [5, 5.41) is 1.92. The van der Waals surface area contributed by atoms with Crippen molar-refractivity contribution in [3.05, 3.63) is 34.2 Å². The number of nitrogen functional groups attached to an aromatic ring is 1. The van der Waals surface area contributed by atoms with E-state index in [4.69, 9.17) is 5.73 Å². The van der Waals surface area contributed by atoms with Gasteiger partial charge in [0.05, 0.1) is 6.54 Å². The second-order valence-corrected chi connectivity index (χ2v) is 5.80. The molecule has 0 fully saturated rings. The Morgan fingerprint density at radius 3 is 2.57 bits per heavy atom. The van der Waals surface area contributed by atoms with E-state index in [9.17, 15) is 13.2 Å². The summed E-state index contributed by atoms with van der Waals surface area (Å²) < 4.78 is 38.5. The molecular formula is C13H15F3N4S. The van der Waals surface area contributed by atoms with E-state index in [2.05, 4.69) is 9.97 Å². The van der Waals surface area contributed by atoms with Crippen molar-refractivity contribution in [3.8, 4) is 0 Å². The van der Waals surface area contributed by atoms with Crippen LogP contribution in [0.5, 0.6) is 0 Å². The minimum absolute atomic E-state index is 0.0255. The highest BCUT2D eigenvalue weighted by atomic mass is 32.1. The minimum Gasteiger partial charge on any atom is -0.368 e. The highest BCUT2D eigenvalue weighted by molar-refractivity contribution is 7.09. The third kappa shape index (κ3) is 3.84. The number of nitrogens with two attached hydrogens (primary N) is 1. The maximum atomic E-state index is 12.8. The van der Waals surface area contributed by atoms with Crippen LogP contribution in [0, 0.1) is 0 Å². The first-order valence-electron chi connectivity index (χ1n) is 6.28. The fourth-order valence-corrected chi connectivity index (χ4v) is 2.55. The predicted molar refractivity (Wildman–Crippen MR) is 77.1 cm³/mol. The second kappa shape index (κ2) is 5.88. The second-order valence-electron chi connectivity index (χ2n) is 4.77.